The number of nitrogens with one attached hydrogen (secondary N) is 1. The molecule has 2 aliphatic heterocycles. The van der Waals surface area contributed by atoms with E-state index >= 15 is 0 Å². The molecule has 0 radical (unpaired) electrons. The van der Waals surface area contributed by atoms with E-state index in [9.17, 15) is 14.9 Å². The first-order chi connectivity index (χ1) is 15.7. The van der Waals surface area contributed by atoms with Crippen molar-refractivity contribution >= 4 is 34.5 Å². The van der Waals surface area contributed by atoms with Crippen LogP contribution in [0.1, 0.15) is 29.0 Å². The van der Waals surface area contributed by atoms with E-state index in [1.54, 1.807) is 24.0 Å². The summed E-state index contributed by atoms with van der Waals surface area (Å²) in [5, 5.41) is 12.6. The van der Waals surface area contributed by atoms with E-state index in [0.717, 1.165) is 48.3 Å². The minimum absolute atomic E-state index is 0.142. The average molecular weight is 447 g/mol. The Labute approximate surface area is 189 Å². The molecule has 1 fully saturated rings. The van der Waals surface area contributed by atoms with Gasteiger partial charge in [-0.2, -0.15) is 5.26 Å². The van der Waals surface area contributed by atoms with Crippen LogP contribution in [0.2, 0.25) is 0 Å². The van der Waals surface area contributed by atoms with E-state index in [0.29, 0.717) is 22.7 Å². The van der Waals surface area contributed by atoms with Crippen LogP contribution < -0.4 is 5.32 Å². The zero-order valence-electron chi connectivity index (χ0n) is 17.5. The van der Waals surface area contributed by atoms with Gasteiger partial charge >= 0.3 is 0 Å². The molecule has 1 N–H and O–H groups in total. The van der Waals surface area contributed by atoms with Crippen LogP contribution in [0.15, 0.2) is 36.7 Å². The second-order valence-corrected chi connectivity index (χ2v) is 8.95. The van der Waals surface area contributed by atoms with Crippen molar-refractivity contribution in [2.75, 3.05) is 18.2 Å². The molecule has 9 heteroatoms. The number of hydrogen-bond acceptors (Lipinski definition) is 6. The predicted molar refractivity (Wildman–Crippen MR) is 122 cm³/mol. The van der Waals surface area contributed by atoms with Crippen LogP contribution in [-0.4, -0.2) is 55.5 Å². The summed E-state index contributed by atoms with van der Waals surface area (Å²) < 4.78 is 2.25. The quantitative estimate of drug-likeness (QED) is 0.661. The molecule has 0 bridgehead atoms. The largest absolute Gasteiger partial charge is 0.343 e. The lowest BCUT2D eigenvalue weighted by Crippen LogP contribution is -2.42. The lowest BCUT2D eigenvalue weighted by Gasteiger charge is -2.19. The summed E-state index contributed by atoms with van der Waals surface area (Å²) in [4.78, 5) is 35.9. The number of benzene rings is 1. The van der Waals surface area contributed by atoms with Crippen LogP contribution in [0.4, 0.5) is 0 Å². The van der Waals surface area contributed by atoms with Gasteiger partial charge in [-0.05, 0) is 31.0 Å². The van der Waals surface area contributed by atoms with Crippen molar-refractivity contribution < 1.29 is 9.59 Å². The summed E-state index contributed by atoms with van der Waals surface area (Å²) in [6.07, 6.45) is 6.78. The summed E-state index contributed by atoms with van der Waals surface area (Å²) in [7, 11) is 0. The topological polar surface area (TPSA) is 104 Å². The molecule has 1 unspecified atom stereocenters. The summed E-state index contributed by atoms with van der Waals surface area (Å²) in [6.45, 7) is 0.806. The molecular formula is C23H22N6O2S. The zero-order valence-corrected chi connectivity index (χ0v) is 18.3. The third-order valence-electron chi connectivity index (χ3n) is 6.00. The Morgan fingerprint density at radius 2 is 2.16 bits per heavy atom. The summed E-state index contributed by atoms with van der Waals surface area (Å²) in [6, 6.07) is 9.26. The minimum atomic E-state index is -0.435. The molecule has 1 atom stereocenters. The molecule has 0 spiro atoms. The maximum absolute atomic E-state index is 13.0. The van der Waals surface area contributed by atoms with Crippen LogP contribution in [0.5, 0.6) is 0 Å². The van der Waals surface area contributed by atoms with Crippen LogP contribution in [-0.2, 0) is 17.8 Å². The number of fused-ring (bicyclic) bond motifs is 2. The van der Waals surface area contributed by atoms with Gasteiger partial charge in [0.05, 0.1) is 41.5 Å². The second-order valence-electron chi connectivity index (χ2n) is 7.95. The molecule has 162 valence electrons. The zero-order chi connectivity index (χ0) is 22.1. The standard InChI is InChI=1S/C23H22N6O2S/c24-10-16-13-32-14-29(16)22(30)12-27-23(31)17-6-7-25-19-5-4-15(9-18(17)19)20-11-26-21-3-1-2-8-28(20)21/h4-7,9,11,16H,1-3,8,12-14H2,(H,27,31). The van der Waals surface area contributed by atoms with Crippen LogP contribution in [0.25, 0.3) is 22.2 Å². The molecule has 32 heavy (non-hydrogen) atoms. The molecule has 5 rings (SSSR count). The molecule has 0 aliphatic carbocycles. The Kier molecular flexibility index (Phi) is 5.53. The number of nitriles is 1. The highest BCUT2D eigenvalue weighted by Crippen LogP contribution is 2.29. The third-order valence-corrected chi connectivity index (χ3v) is 7.02. The number of thioether (sulfide) groups is 1. The fraction of sp³-hybridized carbons (Fsp3) is 0.348. The molecule has 4 heterocycles. The van der Waals surface area contributed by atoms with Crippen LogP contribution >= 0.6 is 11.8 Å². The van der Waals surface area contributed by atoms with Crippen LogP contribution in [0, 0.1) is 11.3 Å². The van der Waals surface area contributed by atoms with Gasteiger partial charge in [0.2, 0.25) is 5.91 Å². The Morgan fingerprint density at radius 3 is 3.03 bits per heavy atom. The molecule has 1 aromatic carbocycles. The summed E-state index contributed by atoms with van der Waals surface area (Å²) in [5.41, 5.74) is 3.21. The van der Waals surface area contributed by atoms with Gasteiger partial charge in [-0.3, -0.25) is 14.6 Å². The van der Waals surface area contributed by atoms with Crippen molar-refractivity contribution in [1.29, 1.82) is 5.26 Å². The van der Waals surface area contributed by atoms with Crippen molar-refractivity contribution in [2.45, 2.75) is 31.8 Å². The molecule has 2 amide bonds. The predicted octanol–water partition coefficient (Wildman–Crippen LogP) is 2.59. The first-order valence-electron chi connectivity index (χ1n) is 10.6. The number of aromatic nitrogens is 3. The van der Waals surface area contributed by atoms with Crippen molar-refractivity contribution in [1.82, 2.24) is 24.8 Å². The minimum Gasteiger partial charge on any atom is -0.343 e. The van der Waals surface area contributed by atoms with Gasteiger partial charge in [-0.15, -0.1) is 11.8 Å². The number of pyridine rings is 1. The Balaban J connectivity index is 1.40. The number of carbonyl (C=O) groups is 2. The van der Waals surface area contributed by atoms with E-state index in [1.807, 2.05) is 24.4 Å². The Morgan fingerprint density at radius 1 is 1.25 bits per heavy atom. The number of imidazole rings is 1. The molecule has 2 aromatic heterocycles. The Bertz CT molecular complexity index is 1250. The number of aryl methyl sites for hydroxylation is 1. The lowest BCUT2D eigenvalue weighted by molar-refractivity contribution is -0.129. The maximum atomic E-state index is 13.0. The highest BCUT2D eigenvalue weighted by molar-refractivity contribution is 7.99. The van der Waals surface area contributed by atoms with E-state index in [1.165, 1.54) is 4.90 Å². The van der Waals surface area contributed by atoms with E-state index in [-0.39, 0.29) is 18.4 Å². The lowest BCUT2D eigenvalue weighted by atomic mass is 10.0. The van der Waals surface area contributed by atoms with Gasteiger partial charge in [0, 0.05) is 35.9 Å². The van der Waals surface area contributed by atoms with Gasteiger partial charge in [0.1, 0.15) is 11.9 Å². The number of hydrogen-bond donors (Lipinski definition) is 1. The fourth-order valence-corrected chi connectivity index (χ4v) is 5.40. The van der Waals surface area contributed by atoms with Gasteiger partial charge in [-0.1, -0.05) is 6.07 Å². The number of carbonyl (C=O) groups excluding carboxylic acids is 2. The smallest absolute Gasteiger partial charge is 0.252 e. The molecule has 3 aromatic rings. The highest BCUT2D eigenvalue weighted by Gasteiger charge is 2.29. The van der Waals surface area contributed by atoms with Crippen molar-refractivity contribution in [3.05, 3.63) is 48.0 Å². The monoisotopic (exact) mass is 446 g/mol. The van der Waals surface area contributed by atoms with E-state index in [2.05, 4.69) is 25.9 Å². The first-order valence-corrected chi connectivity index (χ1v) is 11.8. The molecule has 1 saturated heterocycles. The molecule has 8 nitrogen and oxygen atoms in total. The number of rotatable bonds is 4. The van der Waals surface area contributed by atoms with Gasteiger partial charge in [-0.25, -0.2) is 4.98 Å². The highest BCUT2D eigenvalue weighted by atomic mass is 32.2. The van der Waals surface area contributed by atoms with Crippen LogP contribution in [0.3, 0.4) is 0 Å². The van der Waals surface area contributed by atoms with Crippen molar-refractivity contribution in [2.24, 2.45) is 0 Å². The van der Waals surface area contributed by atoms with Gasteiger partial charge in [0.25, 0.3) is 5.91 Å². The number of amides is 2. The normalized spacial score (nSPS) is 17.7. The molecule has 2 aliphatic rings. The molecular weight excluding hydrogens is 424 g/mol. The fourth-order valence-electron chi connectivity index (χ4n) is 4.30. The van der Waals surface area contributed by atoms with Crippen molar-refractivity contribution in [3.8, 4) is 17.3 Å². The maximum Gasteiger partial charge on any atom is 0.252 e. The third kappa shape index (κ3) is 3.71. The first kappa shape index (κ1) is 20.5. The summed E-state index contributed by atoms with van der Waals surface area (Å²) >= 11 is 1.54. The molecule has 0 saturated carbocycles. The van der Waals surface area contributed by atoms with E-state index < -0.39 is 6.04 Å². The summed E-state index contributed by atoms with van der Waals surface area (Å²) in [5.74, 6) is 1.60. The van der Waals surface area contributed by atoms with E-state index in [4.69, 9.17) is 0 Å². The number of nitrogens with zero attached hydrogens (tertiary/aromatic N) is 5. The Hall–Kier alpha value is -3.38. The van der Waals surface area contributed by atoms with Gasteiger partial charge in [0.15, 0.2) is 0 Å². The van der Waals surface area contributed by atoms with Crippen molar-refractivity contribution in [3.63, 3.8) is 0 Å². The SMILES string of the molecule is N#CC1CSCN1C(=O)CNC(=O)c1ccnc2ccc(-c3cnc4n3CCCC4)cc12. The average Bonchev–Trinajstić information content (AvgIpc) is 3.48. The van der Waals surface area contributed by atoms with Gasteiger partial charge < -0.3 is 14.8 Å². The second kappa shape index (κ2) is 8.63.